The minimum Gasteiger partial charge on any atom is -0.494 e. The largest absolute Gasteiger partial charge is 0.494 e. The number of methoxy groups -OCH3 is 1. The van der Waals surface area contributed by atoms with Crippen LogP contribution in [0.5, 0.6) is 5.75 Å². The number of fused-ring (bicyclic) bond motifs is 1. The molecule has 0 bridgehead atoms. The molecule has 0 aliphatic carbocycles. The second kappa shape index (κ2) is 6.26. The third-order valence-corrected chi connectivity index (χ3v) is 3.34. The Morgan fingerprint density at radius 1 is 1.42 bits per heavy atom. The van der Waals surface area contributed by atoms with Gasteiger partial charge in [-0.25, -0.2) is 4.98 Å². The summed E-state index contributed by atoms with van der Waals surface area (Å²) >= 11 is 6.01. The van der Waals surface area contributed by atoms with Crippen LogP contribution in [0.4, 0.5) is 0 Å². The third kappa shape index (κ3) is 2.69. The van der Waals surface area contributed by atoms with Gasteiger partial charge in [0.05, 0.1) is 31.2 Å². The highest BCUT2D eigenvalue weighted by Gasteiger charge is 2.17. The van der Waals surface area contributed by atoms with E-state index in [9.17, 15) is 0 Å². The van der Waals surface area contributed by atoms with E-state index in [4.69, 9.17) is 21.1 Å². The summed E-state index contributed by atoms with van der Waals surface area (Å²) < 4.78 is 13.0. The zero-order valence-electron chi connectivity index (χ0n) is 11.5. The number of para-hydroxylation sites is 1. The highest BCUT2D eigenvalue weighted by atomic mass is 35.5. The van der Waals surface area contributed by atoms with E-state index in [2.05, 4.69) is 16.5 Å². The van der Waals surface area contributed by atoms with Crippen molar-refractivity contribution in [2.24, 2.45) is 0 Å². The number of hydrogen-bond donors (Lipinski definition) is 0. The van der Waals surface area contributed by atoms with Crippen LogP contribution >= 0.6 is 11.6 Å². The van der Waals surface area contributed by atoms with Crippen LogP contribution in [0.25, 0.3) is 11.0 Å². The first-order valence-electron chi connectivity index (χ1n) is 6.40. The number of aromatic nitrogens is 2. The van der Waals surface area contributed by atoms with Crippen molar-refractivity contribution in [3.63, 3.8) is 0 Å². The molecule has 0 aliphatic heterocycles. The quantitative estimate of drug-likeness (QED) is 0.762. The molecular weight excluding hydrogens is 264 g/mol. The van der Waals surface area contributed by atoms with E-state index in [-0.39, 0.29) is 6.04 Å². The number of benzene rings is 1. The standard InChI is InChI=1S/C14H19ClN2O2/c1-4-19-9-10(2)17-11-6-5-7-12(18-3)14(11)16-13(17)8-15/h5-7,10H,4,8-9H2,1-3H3. The molecule has 1 atom stereocenters. The summed E-state index contributed by atoms with van der Waals surface area (Å²) in [5.41, 5.74) is 1.88. The molecule has 0 aliphatic rings. The maximum Gasteiger partial charge on any atom is 0.146 e. The molecule has 0 spiro atoms. The highest BCUT2D eigenvalue weighted by molar-refractivity contribution is 6.16. The molecule has 5 heteroatoms. The van der Waals surface area contributed by atoms with E-state index in [1.165, 1.54) is 0 Å². The number of alkyl halides is 1. The van der Waals surface area contributed by atoms with Crippen molar-refractivity contribution < 1.29 is 9.47 Å². The summed E-state index contributed by atoms with van der Waals surface area (Å²) in [6.45, 7) is 5.44. The summed E-state index contributed by atoms with van der Waals surface area (Å²) in [6, 6.07) is 6.09. The summed E-state index contributed by atoms with van der Waals surface area (Å²) in [7, 11) is 1.65. The van der Waals surface area contributed by atoms with Gasteiger partial charge in [-0.2, -0.15) is 0 Å². The van der Waals surface area contributed by atoms with Gasteiger partial charge in [0.15, 0.2) is 0 Å². The van der Waals surface area contributed by atoms with Crippen molar-refractivity contribution in [3.8, 4) is 5.75 Å². The molecule has 104 valence electrons. The lowest BCUT2D eigenvalue weighted by molar-refractivity contribution is 0.119. The number of nitrogens with zero attached hydrogens (tertiary/aromatic N) is 2. The third-order valence-electron chi connectivity index (χ3n) is 3.10. The van der Waals surface area contributed by atoms with Crippen LogP contribution in [0, 0.1) is 0 Å². The molecule has 1 heterocycles. The molecule has 1 aromatic heterocycles. The van der Waals surface area contributed by atoms with Crippen LogP contribution in [0.15, 0.2) is 18.2 Å². The fourth-order valence-electron chi connectivity index (χ4n) is 2.25. The van der Waals surface area contributed by atoms with Crippen LogP contribution in [0.3, 0.4) is 0 Å². The van der Waals surface area contributed by atoms with Crippen molar-refractivity contribution in [1.82, 2.24) is 9.55 Å². The number of rotatable bonds is 6. The number of imidazole rings is 1. The Kier molecular flexibility index (Phi) is 4.66. The van der Waals surface area contributed by atoms with Crippen molar-refractivity contribution in [2.75, 3.05) is 20.3 Å². The molecule has 19 heavy (non-hydrogen) atoms. The predicted molar refractivity (Wildman–Crippen MR) is 77.0 cm³/mol. The van der Waals surface area contributed by atoms with Gasteiger partial charge in [-0.1, -0.05) is 6.07 Å². The zero-order chi connectivity index (χ0) is 13.8. The monoisotopic (exact) mass is 282 g/mol. The van der Waals surface area contributed by atoms with E-state index in [1.807, 2.05) is 25.1 Å². The average molecular weight is 283 g/mol. The highest BCUT2D eigenvalue weighted by Crippen LogP contribution is 2.29. The zero-order valence-corrected chi connectivity index (χ0v) is 12.3. The van der Waals surface area contributed by atoms with Gasteiger partial charge < -0.3 is 14.0 Å². The van der Waals surface area contributed by atoms with Crippen LogP contribution in [-0.4, -0.2) is 29.9 Å². The molecule has 0 fully saturated rings. The van der Waals surface area contributed by atoms with Crippen LogP contribution in [0.2, 0.25) is 0 Å². The van der Waals surface area contributed by atoms with Crippen molar-refractivity contribution in [1.29, 1.82) is 0 Å². The second-order valence-corrected chi connectivity index (χ2v) is 4.64. The summed E-state index contributed by atoms with van der Waals surface area (Å²) in [6.07, 6.45) is 0. The summed E-state index contributed by atoms with van der Waals surface area (Å²) in [4.78, 5) is 4.58. The first-order chi connectivity index (χ1) is 9.22. The lowest BCUT2D eigenvalue weighted by Gasteiger charge is -2.16. The van der Waals surface area contributed by atoms with Gasteiger partial charge in [-0.3, -0.25) is 0 Å². The van der Waals surface area contributed by atoms with Gasteiger partial charge in [0.2, 0.25) is 0 Å². The van der Waals surface area contributed by atoms with Gasteiger partial charge >= 0.3 is 0 Å². The minimum atomic E-state index is 0.186. The molecule has 1 aromatic carbocycles. The van der Waals surface area contributed by atoms with E-state index in [0.717, 1.165) is 22.6 Å². The van der Waals surface area contributed by atoms with Gasteiger partial charge in [-0.15, -0.1) is 11.6 Å². The molecular formula is C14H19ClN2O2. The Labute approximate surface area is 118 Å². The molecule has 0 saturated heterocycles. The molecule has 4 nitrogen and oxygen atoms in total. The maximum atomic E-state index is 6.01. The Balaban J connectivity index is 2.51. The van der Waals surface area contributed by atoms with Gasteiger partial charge in [0.25, 0.3) is 0 Å². The fraction of sp³-hybridized carbons (Fsp3) is 0.500. The smallest absolute Gasteiger partial charge is 0.146 e. The van der Waals surface area contributed by atoms with Crippen LogP contribution < -0.4 is 4.74 Å². The molecule has 0 radical (unpaired) electrons. The minimum absolute atomic E-state index is 0.186. The maximum absolute atomic E-state index is 6.01. The topological polar surface area (TPSA) is 36.3 Å². The Morgan fingerprint density at radius 2 is 2.21 bits per heavy atom. The molecule has 0 N–H and O–H groups in total. The molecule has 2 rings (SSSR count). The number of hydrogen-bond acceptors (Lipinski definition) is 3. The summed E-state index contributed by atoms with van der Waals surface area (Å²) in [5.74, 6) is 1.98. The first-order valence-corrected chi connectivity index (χ1v) is 6.93. The van der Waals surface area contributed by atoms with Gasteiger partial charge in [-0.05, 0) is 26.0 Å². The Morgan fingerprint density at radius 3 is 2.84 bits per heavy atom. The number of ether oxygens (including phenoxy) is 2. The number of halogens is 1. The molecule has 2 aromatic rings. The van der Waals surface area contributed by atoms with Crippen LogP contribution in [-0.2, 0) is 10.6 Å². The average Bonchev–Trinajstić information content (AvgIpc) is 2.83. The van der Waals surface area contributed by atoms with Gasteiger partial charge in [0.1, 0.15) is 17.1 Å². The van der Waals surface area contributed by atoms with E-state index in [1.54, 1.807) is 7.11 Å². The first kappa shape index (κ1) is 14.2. The van der Waals surface area contributed by atoms with Crippen molar-refractivity contribution in [2.45, 2.75) is 25.8 Å². The SMILES string of the molecule is CCOCC(C)n1c(CCl)nc2c(OC)cccc21. The molecule has 0 saturated carbocycles. The van der Waals surface area contributed by atoms with Crippen molar-refractivity contribution >= 4 is 22.6 Å². The van der Waals surface area contributed by atoms with Crippen LogP contribution in [0.1, 0.15) is 25.7 Å². The van der Waals surface area contributed by atoms with E-state index in [0.29, 0.717) is 19.1 Å². The molecule has 0 amide bonds. The predicted octanol–water partition coefficient (Wildman–Crippen LogP) is 3.38. The Bertz CT molecular complexity index is 554. The van der Waals surface area contributed by atoms with E-state index >= 15 is 0 Å². The lowest BCUT2D eigenvalue weighted by atomic mass is 10.2. The second-order valence-electron chi connectivity index (χ2n) is 4.37. The lowest BCUT2D eigenvalue weighted by Crippen LogP contribution is -2.14. The fourth-order valence-corrected chi connectivity index (χ4v) is 2.44. The molecule has 1 unspecified atom stereocenters. The Hall–Kier alpha value is -1.26. The van der Waals surface area contributed by atoms with Crippen molar-refractivity contribution in [3.05, 3.63) is 24.0 Å². The van der Waals surface area contributed by atoms with Gasteiger partial charge in [0, 0.05) is 6.61 Å². The normalized spacial score (nSPS) is 12.8. The summed E-state index contributed by atoms with van der Waals surface area (Å²) in [5, 5.41) is 0. The van der Waals surface area contributed by atoms with E-state index < -0.39 is 0 Å².